The van der Waals surface area contributed by atoms with Crippen LogP contribution in [0.25, 0.3) is 0 Å². The summed E-state index contributed by atoms with van der Waals surface area (Å²) in [4.78, 5) is 37.2. The minimum Gasteiger partial charge on any atom is -0.495 e. The van der Waals surface area contributed by atoms with E-state index >= 15 is 0 Å². The van der Waals surface area contributed by atoms with E-state index in [1.165, 1.54) is 32.6 Å². The lowest BCUT2D eigenvalue weighted by Crippen LogP contribution is -2.37. The van der Waals surface area contributed by atoms with Gasteiger partial charge in [0.25, 0.3) is 5.91 Å². The van der Waals surface area contributed by atoms with Gasteiger partial charge in [-0.2, -0.15) is 0 Å². The van der Waals surface area contributed by atoms with E-state index in [1.807, 2.05) is 0 Å². The molecule has 0 unspecified atom stereocenters. The molecule has 144 valence electrons. The number of nitrogens with one attached hydrogen (secondary N) is 1. The minimum atomic E-state index is -0.670. The average Bonchev–Trinajstić information content (AvgIpc) is 3.05. The average molecular weight is 395 g/mol. The van der Waals surface area contributed by atoms with Crippen LogP contribution in [0.15, 0.2) is 34.9 Å². The lowest BCUT2D eigenvalue weighted by atomic mass is 10.3. The summed E-state index contributed by atoms with van der Waals surface area (Å²) >= 11 is 5.91. The zero-order chi connectivity index (χ0) is 20.0. The second-order valence-electron chi connectivity index (χ2n) is 5.61. The van der Waals surface area contributed by atoms with Gasteiger partial charge in [0.05, 0.1) is 25.6 Å². The number of hydrogen-bond donors (Lipinski definition) is 1. The van der Waals surface area contributed by atoms with Gasteiger partial charge in [-0.1, -0.05) is 11.6 Å². The highest BCUT2D eigenvalue weighted by Crippen LogP contribution is 2.27. The summed E-state index contributed by atoms with van der Waals surface area (Å²) in [6.07, 6.45) is 1.36. The molecule has 0 saturated carbocycles. The zero-order valence-corrected chi connectivity index (χ0v) is 15.8. The van der Waals surface area contributed by atoms with Crippen molar-refractivity contribution in [3.8, 4) is 5.75 Å². The molecule has 8 nitrogen and oxygen atoms in total. The summed E-state index contributed by atoms with van der Waals surface area (Å²) in [6, 6.07) is 6.23. The second-order valence-corrected chi connectivity index (χ2v) is 6.05. The van der Waals surface area contributed by atoms with E-state index in [4.69, 9.17) is 25.5 Å². The normalized spacial score (nSPS) is 10.2. The number of carbonyl (C=O) groups is 3. The number of furan rings is 1. The molecule has 0 saturated heterocycles. The first-order valence-corrected chi connectivity index (χ1v) is 8.28. The molecule has 0 atom stereocenters. The largest absolute Gasteiger partial charge is 0.495 e. The molecule has 0 radical (unpaired) electrons. The van der Waals surface area contributed by atoms with Crippen LogP contribution in [0.5, 0.6) is 5.75 Å². The van der Waals surface area contributed by atoms with Crippen LogP contribution < -0.4 is 10.1 Å². The Kier molecular flexibility index (Phi) is 6.84. The summed E-state index contributed by atoms with van der Waals surface area (Å²) in [5, 5.41) is 3.05. The SMILES string of the molecule is COc1ccc(Cl)cc1NC(=O)CN(C)C(=O)COC(=O)c1ccoc1C. The van der Waals surface area contributed by atoms with Gasteiger partial charge < -0.3 is 24.1 Å². The highest BCUT2D eigenvalue weighted by atomic mass is 35.5. The first kappa shape index (κ1) is 20.3. The zero-order valence-electron chi connectivity index (χ0n) is 15.1. The molecule has 0 aliphatic carbocycles. The van der Waals surface area contributed by atoms with Crippen molar-refractivity contribution in [2.24, 2.45) is 0 Å². The van der Waals surface area contributed by atoms with Crippen LogP contribution in [0.4, 0.5) is 5.69 Å². The Morgan fingerprint density at radius 1 is 1.26 bits per heavy atom. The van der Waals surface area contributed by atoms with E-state index in [0.717, 1.165) is 4.90 Å². The summed E-state index contributed by atoms with van der Waals surface area (Å²) in [7, 11) is 2.89. The van der Waals surface area contributed by atoms with Gasteiger partial charge in [0.1, 0.15) is 17.1 Å². The molecule has 0 aliphatic heterocycles. The van der Waals surface area contributed by atoms with Crippen LogP contribution >= 0.6 is 11.6 Å². The summed E-state index contributed by atoms with van der Waals surface area (Å²) in [5.41, 5.74) is 0.633. The topological polar surface area (TPSA) is 98.1 Å². The quantitative estimate of drug-likeness (QED) is 0.724. The smallest absolute Gasteiger partial charge is 0.342 e. The van der Waals surface area contributed by atoms with Crippen LogP contribution in [-0.2, 0) is 14.3 Å². The number of rotatable bonds is 7. The Labute approximate surface area is 161 Å². The van der Waals surface area contributed by atoms with E-state index in [-0.39, 0.29) is 12.1 Å². The Morgan fingerprint density at radius 3 is 2.63 bits per heavy atom. The maximum Gasteiger partial charge on any atom is 0.342 e. The predicted molar refractivity (Wildman–Crippen MR) is 98.0 cm³/mol. The molecule has 1 N–H and O–H groups in total. The van der Waals surface area contributed by atoms with Crippen LogP contribution in [0.3, 0.4) is 0 Å². The van der Waals surface area contributed by atoms with E-state index < -0.39 is 24.4 Å². The lowest BCUT2D eigenvalue weighted by molar-refractivity contribution is -0.136. The van der Waals surface area contributed by atoms with Crippen molar-refractivity contribution in [2.45, 2.75) is 6.92 Å². The Bertz CT molecular complexity index is 848. The third-order valence-electron chi connectivity index (χ3n) is 3.65. The molecule has 2 amide bonds. The van der Waals surface area contributed by atoms with E-state index in [1.54, 1.807) is 19.1 Å². The summed E-state index contributed by atoms with van der Waals surface area (Å²) < 4.78 is 15.1. The number of carbonyl (C=O) groups excluding carboxylic acids is 3. The third-order valence-corrected chi connectivity index (χ3v) is 3.88. The molecular formula is C18H19ClN2O6. The number of hydrogen-bond acceptors (Lipinski definition) is 6. The predicted octanol–water partition coefficient (Wildman–Crippen LogP) is 2.50. The maximum absolute atomic E-state index is 12.2. The van der Waals surface area contributed by atoms with Crippen molar-refractivity contribution in [2.75, 3.05) is 32.6 Å². The molecular weight excluding hydrogens is 376 g/mol. The maximum atomic E-state index is 12.2. The summed E-state index contributed by atoms with van der Waals surface area (Å²) in [6.45, 7) is 0.878. The Morgan fingerprint density at radius 2 is 2.00 bits per heavy atom. The minimum absolute atomic E-state index is 0.239. The van der Waals surface area contributed by atoms with E-state index in [0.29, 0.717) is 22.2 Å². The van der Waals surface area contributed by atoms with Crippen molar-refractivity contribution in [1.29, 1.82) is 0 Å². The van der Waals surface area contributed by atoms with E-state index in [9.17, 15) is 14.4 Å². The monoisotopic (exact) mass is 394 g/mol. The van der Waals surface area contributed by atoms with Gasteiger partial charge in [0.15, 0.2) is 6.61 Å². The van der Waals surface area contributed by atoms with Crippen LogP contribution in [0.1, 0.15) is 16.1 Å². The number of methoxy groups -OCH3 is 1. The number of aryl methyl sites for hydroxylation is 1. The standard InChI is InChI=1S/C18H19ClN2O6/c1-11-13(6-7-26-11)18(24)27-10-17(23)21(2)9-16(22)20-14-8-12(19)4-5-15(14)25-3/h4-8H,9-10H2,1-3H3,(H,20,22). The number of likely N-dealkylation sites (N-methyl/N-ethyl adjacent to an activating group) is 1. The number of ether oxygens (including phenoxy) is 2. The van der Waals surface area contributed by atoms with Gasteiger partial charge in [0.2, 0.25) is 5.91 Å². The number of esters is 1. The number of amides is 2. The molecule has 2 rings (SSSR count). The molecule has 2 aromatic rings. The van der Waals surface area contributed by atoms with Gasteiger partial charge in [0, 0.05) is 12.1 Å². The van der Waals surface area contributed by atoms with Crippen LogP contribution in [0, 0.1) is 6.92 Å². The van der Waals surface area contributed by atoms with Crippen molar-refractivity contribution < 1.29 is 28.3 Å². The van der Waals surface area contributed by atoms with Gasteiger partial charge in [-0.25, -0.2) is 4.79 Å². The second kappa shape index (κ2) is 9.09. The fourth-order valence-corrected chi connectivity index (χ4v) is 2.36. The first-order chi connectivity index (χ1) is 12.8. The molecule has 0 spiro atoms. The molecule has 1 heterocycles. The Balaban J connectivity index is 1.87. The fraction of sp³-hybridized carbons (Fsp3) is 0.278. The van der Waals surface area contributed by atoms with Crippen LogP contribution in [0.2, 0.25) is 5.02 Å². The van der Waals surface area contributed by atoms with Crippen molar-refractivity contribution in [1.82, 2.24) is 4.90 Å². The molecule has 9 heteroatoms. The lowest BCUT2D eigenvalue weighted by Gasteiger charge is -2.17. The first-order valence-electron chi connectivity index (χ1n) is 7.90. The highest BCUT2D eigenvalue weighted by molar-refractivity contribution is 6.31. The number of halogens is 1. The third kappa shape index (κ3) is 5.49. The van der Waals surface area contributed by atoms with Crippen molar-refractivity contribution in [3.63, 3.8) is 0 Å². The van der Waals surface area contributed by atoms with Gasteiger partial charge in [-0.15, -0.1) is 0 Å². The molecule has 0 bridgehead atoms. The molecule has 0 aliphatic rings. The molecule has 0 fully saturated rings. The van der Waals surface area contributed by atoms with Crippen molar-refractivity contribution in [3.05, 3.63) is 46.9 Å². The van der Waals surface area contributed by atoms with Crippen molar-refractivity contribution >= 4 is 35.1 Å². The van der Waals surface area contributed by atoms with Gasteiger partial charge >= 0.3 is 5.97 Å². The number of anilines is 1. The number of benzene rings is 1. The van der Waals surface area contributed by atoms with Gasteiger partial charge in [-0.3, -0.25) is 9.59 Å². The fourth-order valence-electron chi connectivity index (χ4n) is 2.18. The molecule has 1 aromatic carbocycles. The van der Waals surface area contributed by atoms with Gasteiger partial charge in [-0.05, 0) is 31.2 Å². The highest BCUT2D eigenvalue weighted by Gasteiger charge is 2.18. The number of nitrogens with zero attached hydrogens (tertiary/aromatic N) is 1. The Hall–Kier alpha value is -3.00. The van der Waals surface area contributed by atoms with E-state index in [2.05, 4.69) is 5.32 Å². The molecule has 27 heavy (non-hydrogen) atoms. The molecule has 1 aromatic heterocycles. The van der Waals surface area contributed by atoms with Crippen LogP contribution in [-0.4, -0.2) is 50.0 Å². The summed E-state index contributed by atoms with van der Waals surface area (Å²) in [5.74, 6) is -0.820.